The standard InChI is InChI=1S/C15H23NO3/c1-4-18-14-9-6-5-8-13(14)15(17)16-10-7-11-19-12(2)3/h5-6,8-9,12H,4,7,10-11H2,1-3H3,(H,16,17). The summed E-state index contributed by atoms with van der Waals surface area (Å²) in [6.07, 6.45) is 1.04. The van der Waals surface area contributed by atoms with Crippen molar-refractivity contribution in [2.24, 2.45) is 0 Å². The minimum atomic E-state index is -0.103. The molecule has 0 aliphatic heterocycles. The number of para-hydroxylation sites is 1. The van der Waals surface area contributed by atoms with Crippen LogP contribution in [0.3, 0.4) is 0 Å². The maximum atomic E-state index is 12.0. The molecule has 1 rings (SSSR count). The summed E-state index contributed by atoms with van der Waals surface area (Å²) in [5.74, 6) is 0.523. The predicted molar refractivity (Wildman–Crippen MR) is 75.6 cm³/mol. The summed E-state index contributed by atoms with van der Waals surface area (Å²) in [6.45, 7) is 7.70. The van der Waals surface area contributed by atoms with Gasteiger partial charge >= 0.3 is 0 Å². The van der Waals surface area contributed by atoms with E-state index in [1.807, 2.05) is 32.9 Å². The highest BCUT2D eigenvalue weighted by molar-refractivity contribution is 5.96. The van der Waals surface area contributed by atoms with Gasteiger partial charge in [-0.25, -0.2) is 0 Å². The molecule has 0 saturated heterocycles. The number of amides is 1. The van der Waals surface area contributed by atoms with Crippen molar-refractivity contribution in [2.75, 3.05) is 19.8 Å². The Morgan fingerprint density at radius 1 is 1.32 bits per heavy atom. The van der Waals surface area contributed by atoms with Crippen molar-refractivity contribution in [1.82, 2.24) is 5.32 Å². The molecule has 0 heterocycles. The molecule has 1 aromatic rings. The molecule has 1 aromatic carbocycles. The van der Waals surface area contributed by atoms with Crippen LogP contribution in [0.15, 0.2) is 24.3 Å². The number of rotatable bonds is 8. The summed E-state index contributed by atoms with van der Waals surface area (Å²) in [7, 11) is 0. The van der Waals surface area contributed by atoms with E-state index in [9.17, 15) is 4.79 Å². The maximum Gasteiger partial charge on any atom is 0.255 e. The Morgan fingerprint density at radius 3 is 2.74 bits per heavy atom. The fourth-order valence-electron chi connectivity index (χ4n) is 1.62. The van der Waals surface area contributed by atoms with Crippen LogP contribution in [0.2, 0.25) is 0 Å². The Hall–Kier alpha value is -1.55. The van der Waals surface area contributed by atoms with E-state index in [1.54, 1.807) is 12.1 Å². The Morgan fingerprint density at radius 2 is 2.05 bits per heavy atom. The van der Waals surface area contributed by atoms with Gasteiger partial charge in [-0.3, -0.25) is 4.79 Å². The quantitative estimate of drug-likeness (QED) is 0.735. The number of benzene rings is 1. The third-order valence-electron chi connectivity index (χ3n) is 2.49. The lowest BCUT2D eigenvalue weighted by molar-refractivity contribution is 0.0757. The first-order chi connectivity index (χ1) is 9.15. The Kier molecular flexibility index (Phi) is 6.97. The first kappa shape index (κ1) is 15.5. The highest BCUT2D eigenvalue weighted by Crippen LogP contribution is 2.17. The van der Waals surface area contributed by atoms with E-state index in [-0.39, 0.29) is 12.0 Å². The van der Waals surface area contributed by atoms with Gasteiger partial charge < -0.3 is 14.8 Å². The first-order valence-corrected chi connectivity index (χ1v) is 6.76. The van der Waals surface area contributed by atoms with Crippen LogP contribution in [0.4, 0.5) is 0 Å². The van der Waals surface area contributed by atoms with Gasteiger partial charge in [0.15, 0.2) is 0 Å². The smallest absolute Gasteiger partial charge is 0.255 e. The van der Waals surface area contributed by atoms with Gasteiger partial charge in [-0.1, -0.05) is 12.1 Å². The van der Waals surface area contributed by atoms with Crippen molar-refractivity contribution >= 4 is 5.91 Å². The van der Waals surface area contributed by atoms with Gasteiger partial charge in [-0.15, -0.1) is 0 Å². The van der Waals surface area contributed by atoms with E-state index in [0.717, 1.165) is 6.42 Å². The Labute approximate surface area is 115 Å². The topological polar surface area (TPSA) is 47.6 Å². The number of hydrogen-bond donors (Lipinski definition) is 1. The van der Waals surface area contributed by atoms with Crippen molar-refractivity contribution in [3.8, 4) is 5.75 Å². The number of carbonyl (C=O) groups excluding carboxylic acids is 1. The lowest BCUT2D eigenvalue weighted by Crippen LogP contribution is -2.26. The van der Waals surface area contributed by atoms with Gasteiger partial charge in [0, 0.05) is 13.2 Å². The molecule has 0 bridgehead atoms. The number of nitrogens with one attached hydrogen (secondary N) is 1. The van der Waals surface area contributed by atoms with E-state index < -0.39 is 0 Å². The molecular formula is C15H23NO3. The van der Waals surface area contributed by atoms with Gasteiger partial charge in [0.2, 0.25) is 0 Å². The zero-order valence-corrected chi connectivity index (χ0v) is 11.9. The molecule has 0 aliphatic carbocycles. The van der Waals surface area contributed by atoms with E-state index in [2.05, 4.69) is 5.32 Å². The zero-order valence-electron chi connectivity index (χ0n) is 11.9. The minimum absolute atomic E-state index is 0.103. The highest BCUT2D eigenvalue weighted by Gasteiger charge is 2.10. The molecule has 0 spiro atoms. The molecule has 19 heavy (non-hydrogen) atoms. The number of ether oxygens (including phenoxy) is 2. The summed E-state index contributed by atoms with van der Waals surface area (Å²) in [4.78, 5) is 12.0. The van der Waals surface area contributed by atoms with E-state index in [4.69, 9.17) is 9.47 Å². The maximum absolute atomic E-state index is 12.0. The summed E-state index contributed by atoms with van der Waals surface area (Å²) in [6, 6.07) is 7.27. The van der Waals surface area contributed by atoms with Crippen LogP contribution >= 0.6 is 0 Å². The average Bonchev–Trinajstić information content (AvgIpc) is 2.39. The molecule has 4 heteroatoms. The van der Waals surface area contributed by atoms with E-state index in [0.29, 0.717) is 31.1 Å². The molecule has 0 aromatic heterocycles. The van der Waals surface area contributed by atoms with Gasteiger partial charge in [0.1, 0.15) is 5.75 Å². The minimum Gasteiger partial charge on any atom is -0.493 e. The molecule has 0 atom stereocenters. The molecule has 0 saturated carbocycles. The van der Waals surface area contributed by atoms with Crippen molar-refractivity contribution in [1.29, 1.82) is 0 Å². The largest absolute Gasteiger partial charge is 0.493 e. The van der Waals surface area contributed by atoms with Gasteiger partial charge in [-0.2, -0.15) is 0 Å². The second kappa shape index (κ2) is 8.53. The second-order valence-electron chi connectivity index (χ2n) is 4.46. The van der Waals surface area contributed by atoms with Crippen molar-refractivity contribution in [3.63, 3.8) is 0 Å². The SMILES string of the molecule is CCOc1ccccc1C(=O)NCCCOC(C)C. The third kappa shape index (κ3) is 5.75. The van der Waals surface area contributed by atoms with Crippen LogP contribution in [0.1, 0.15) is 37.6 Å². The average molecular weight is 265 g/mol. The molecule has 4 nitrogen and oxygen atoms in total. The van der Waals surface area contributed by atoms with E-state index >= 15 is 0 Å². The molecule has 106 valence electrons. The number of hydrogen-bond acceptors (Lipinski definition) is 3. The molecule has 0 radical (unpaired) electrons. The summed E-state index contributed by atoms with van der Waals surface area (Å²) in [5, 5.41) is 2.87. The van der Waals surface area contributed by atoms with Gasteiger partial charge in [0.25, 0.3) is 5.91 Å². The third-order valence-corrected chi connectivity index (χ3v) is 2.49. The fourth-order valence-corrected chi connectivity index (χ4v) is 1.62. The van der Waals surface area contributed by atoms with Crippen LogP contribution in [0.5, 0.6) is 5.75 Å². The fraction of sp³-hybridized carbons (Fsp3) is 0.533. The molecular weight excluding hydrogens is 242 g/mol. The monoisotopic (exact) mass is 265 g/mol. The van der Waals surface area contributed by atoms with E-state index in [1.165, 1.54) is 0 Å². The molecule has 0 unspecified atom stereocenters. The zero-order chi connectivity index (χ0) is 14.1. The Balaban J connectivity index is 2.41. The van der Waals surface area contributed by atoms with Gasteiger partial charge in [0.05, 0.1) is 18.3 Å². The summed E-state index contributed by atoms with van der Waals surface area (Å²) < 4.78 is 10.8. The van der Waals surface area contributed by atoms with Crippen LogP contribution in [0, 0.1) is 0 Å². The molecule has 0 fully saturated rings. The van der Waals surface area contributed by atoms with Gasteiger partial charge in [-0.05, 0) is 39.3 Å². The molecule has 0 aliphatic rings. The van der Waals surface area contributed by atoms with Crippen LogP contribution in [-0.2, 0) is 4.74 Å². The molecule has 1 amide bonds. The normalized spacial score (nSPS) is 10.5. The first-order valence-electron chi connectivity index (χ1n) is 6.76. The summed E-state index contributed by atoms with van der Waals surface area (Å²) in [5.41, 5.74) is 0.578. The highest BCUT2D eigenvalue weighted by atomic mass is 16.5. The number of carbonyl (C=O) groups is 1. The van der Waals surface area contributed by atoms with Crippen LogP contribution in [0.25, 0.3) is 0 Å². The second-order valence-corrected chi connectivity index (χ2v) is 4.46. The molecule has 1 N–H and O–H groups in total. The lowest BCUT2D eigenvalue weighted by atomic mass is 10.2. The predicted octanol–water partition coefficient (Wildman–Crippen LogP) is 2.63. The lowest BCUT2D eigenvalue weighted by Gasteiger charge is -2.11. The van der Waals surface area contributed by atoms with Crippen LogP contribution < -0.4 is 10.1 Å². The van der Waals surface area contributed by atoms with Crippen molar-refractivity contribution in [3.05, 3.63) is 29.8 Å². The van der Waals surface area contributed by atoms with Crippen molar-refractivity contribution in [2.45, 2.75) is 33.3 Å². The van der Waals surface area contributed by atoms with Crippen LogP contribution in [-0.4, -0.2) is 31.8 Å². The summed E-state index contributed by atoms with van der Waals surface area (Å²) >= 11 is 0. The van der Waals surface area contributed by atoms with Crippen molar-refractivity contribution < 1.29 is 14.3 Å². The Bertz CT molecular complexity index is 391.